The Kier molecular flexibility index (Phi) is 3.77. The quantitative estimate of drug-likeness (QED) is 0.278. The van der Waals surface area contributed by atoms with E-state index < -0.39 is 48.2 Å². The first-order valence-corrected chi connectivity index (χ1v) is 7.04. The third-order valence-electron chi connectivity index (χ3n) is 4.37. The molecule has 9 N–H and O–H groups in total. The first-order valence-electron chi connectivity index (χ1n) is 7.04. The molecule has 0 radical (unpaired) electrons. The molecule has 3 rings (SSSR count). The van der Waals surface area contributed by atoms with Gasteiger partial charge in [0.25, 0.3) is 11.5 Å². The molecule has 0 bridgehead atoms. The predicted molar refractivity (Wildman–Crippen MR) is 79.7 cm³/mol. The molecule has 0 aliphatic carbocycles. The van der Waals surface area contributed by atoms with Crippen molar-refractivity contribution in [2.45, 2.75) is 23.5 Å². The molecule has 2 aromatic heterocycles. The van der Waals surface area contributed by atoms with Gasteiger partial charge in [-0.05, 0) is 0 Å². The number of aromatic amines is 1. The van der Waals surface area contributed by atoms with Crippen LogP contribution in [0.25, 0.3) is 11.2 Å². The lowest BCUT2D eigenvalue weighted by Gasteiger charge is -2.36. The minimum absolute atomic E-state index is 0.108. The number of aliphatic hydroxyl groups is 4. The number of nitrogens with two attached hydrogens (primary N) is 2. The summed E-state index contributed by atoms with van der Waals surface area (Å²) in [5, 5.41) is 40.1. The van der Waals surface area contributed by atoms with E-state index in [4.69, 9.17) is 16.2 Å². The maximum Gasteiger partial charge on any atom is 0.280 e. The summed E-state index contributed by atoms with van der Waals surface area (Å²) < 4.78 is 6.39. The van der Waals surface area contributed by atoms with Crippen molar-refractivity contribution in [3.05, 3.63) is 16.7 Å². The lowest BCUT2D eigenvalue weighted by molar-refractivity contribution is -0.190. The van der Waals surface area contributed by atoms with Gasteiger partial charge in [0.1, 0.15) is 6.10 Å². The first kappa shape index (κ1) is 17.2. The van der Waals surface area contributed by atoms with E-state index in [9.17, 15) is 30.0 Å². The van der Waals surface area contributed by atoms with Crippen LogP contribution in [0.5, 0.6) is 0 Å². The van der Waals surface area contributed by atoms with Crippen molar-refractivity contribution < 1.29 is 30.0 Å². The van der Waals surface area contributed by atoms with Gasteiger partial charge < -0.3 is 36.6 Å². The highest BCUT2D eigenvalue weighted by molar-refractivity contribution is 5.86. The summed E-state index contributed by atoms with van der Waals surface area (Å²) in [6, 6.07) is 0. The van der Waals surface area contributed by atoms with Crippen LogP contribution in [0.2, 0.25) is 0 Å². The van der Waals surface area contributed by atoms with E-state index >= 15 is 0 Å². The number of anilines is 1. The second-order valence-corrected chi connectivity index (χ2v) is 5.66. The number of ether oxygens (including phenoxy) is 1. The molecule has 4 atom stereocenters. The van der Waals surface area contributed by atoms with E-state index in [-0.39, 0.29) is 17.1 Å². The van der Waals surface area contributed by atoms with Gasteiger partial charge in [-0.15, -0.1) is 0 Å². The molecule has 3 heterocycles. The Morgan fingerprint density at radius 2 is 2.12 bits per heavy atom. The Balaban J connectivity index is 2.20. The molecular formula is C12H16N6O7. The number of nitrogen functional groups attached to an aromatic ring is 1. The summed E-state index contributed by atoms with van der Waals surface area (Å²) in [6.45, 7) is -2.26. The molecule has 13 nitrogen and oxygen atoms in total. The zero-order chi connectivity index (χ0) is 18.6. The average molecular weight is 356 g/mol. The van der Waals surface area contributed by atoms with Gasteiger partial charge in [0.05, 0.1) is 19.5 Å². The van der Waals surface area contributed by atoms with Crippen molar-refractivity contribution >= 4 is 23.0 Å². The topological polar surface area (TPSA) is 223 Å². The molecule has 1 amide bonds. The minimum Gasteiger partial charge on any atom is -0.393 e. The van der Waals surface area contributed by atoms with Crippen molar-refractivity contribution in [1.82, 2.24) is 19.5 Å². The van der Waals surface area contributed by atoms with Crippen molar-refractivity contribution in [1.29, 1.82) is 0 Å². The third kappa shape index (κ3) is 2.07. The number of aromatic nitrogens is 4. The molecule has 1 aliphatic heterocycles. The number of imidazole rings is 1. The maximum absolute atomic E-state index is 11.8. The predicted octanol–water partition coefficient (Wildman–Crippen LogP) is -4.47. The number of nitrogens with one attached hydrogen (secondary N) is 1. The number of primary amides is 1. The van der Waals surface area contributed by atoms with Crippen molar-refractivity contribution in [3.63, 3.8) is 0 Å². The van der Waals surface area contributed by atoms with Crippen LogP contribution in [0.4, 0.5) is 5.95 Å². The fourth-order valence-corrected chi connectivity index (χ4v) is 2.93. The fraction of sp³-hybridized carbons (Fsp3) is 0.500. The summed E-state index contributed by atoms with van der Waals surface area (Å²) in [6.07, 6.45) is -2.40. The van der Waals surface area contributed by atoms with Gasteiger partial charge in [0.2, 0.25) is 11.5 Å². The van der Waals surface area contributed by atoms with E-state index in [1.54, 1.807) is 0 Å². The monoisotopic (exact) mass is 356 g/mol. The maximum atomic E-state index is 11.8. The first-order chi connectivity index (χ1) is 11.7. The molecular weight excluding hydrogens is 340 g/mol. The SMILES string of the molecule is NC(=O)[C@]1(CO)O[C@@H](n2cnc3c(=O)[nH]c(N)nc32)[C@H](O)[C@@]1(O)CO. The molecule has 2 aromatic rings. The normalized spacial score (nSPS) is 32.3. The van der Waals surface area contributed by atoms with Gasteiger partial charge in [0, 0.05) is 0 Å². The molecule has 1 aliphatic rings. The van der Waals surface area contributed by atoms with Crippen LogP contribution in [0.1, 0.15) is 6.23 Å². The van der Waals surface area contributed by atoms with Crippen LogP contribution < -0.4 is 17.0 Å². The van der Waals surface area contributed by atoms with Crippen LogP contribution in [0, 0.1) is 0 Å². The number of hydrogen-bond acceptors (Lipinski definition) is 10. The lowest BCUT2D eigenvalue weighted by Crippen LogP contribution is -2.66. The Morgan fingerprint density at radius 1 is 1.44 bits per heavy atom. The van der Waals surface area contributed by atoms with Gasteiger partial charge in [-0.3, -0.25) is 19.1 Å². The summed E-state index contributed by atoms with van der Waals surface area (Å²) in [5.41, 5.74) is 4.68. The summed E-state index contributed by atoms with van der Waals surface area (Å²) in [7, 11) is 0. The largest absolute Gasteiger partial charge is 0.393 e. The van der Waals surface area contributed by atoms with Gasteiger partial charge in [0.15, 0.2) is 23.0 Å². The van der Waals surface area contributed by atoms with Crippen molar-refractivity contribution in [2.75, 3.05) is 18.9 Å². The van der Waals surface area contributed by atoms with E-state index in [1.165, 1.54) is 0 Å². The molecule has 0 spiro atoms. The lowest BCUT2D eigenvalue weighted by atomic mass is 9.81. The Morgan fingerprint density at radius 3 is 2.64 bits per heavy atom. The molecule has 1 saturated heterocycles. The van der Waals surface area contributed by atoms with Crippen LogP contribution in [0.15, 0.2) is 11.1 Å². The summed E-state index contributed by atoms with van der Waals surface area (Å²) in [4.78, 5) is 33.6. The second kappa shape index (κ2) is 5.47. The van der Waals surface area contributed by atoms with Crippen LogP contribution in [0.3, 0.4) is 0 Å². The number of nitrogens with zero attached hydrogens (tertiary/aromatic N) is 3. The highest BCUT2D eigenvalue weighted by Crippen LogP contribution is 2.44. The van der Waals surface area contributed by atoms with Crippen LogP contribution >= 0.6 is 0 Å². The summed E-state index contributed by atoms with van der Waals surface area (Å²) >= 11 is 0. The van der Waals surface area contributed by atoms with E-state index in [2.05, 4.69) is 15.0 Å². The number of carbonyl (C=O) groups is 1. The Bertz CT molecular complexity index is 896. The van der Waals surface area contributed by atoms with E-state index in [1.807, 2.05) is 0 Å². The second-order valence-electron chi connectivity index (χ2n) is 5.66. The van der Waals surface area contributed by atoms with Gasteiger partial charge in [-0.25, -0.2) is 4.98 Å². The number of carbonyl (C=O) groups excluding carboxylic acids is 1. The van der Waals surface area contributed by atoms with Crippen LogP contribution in [-0.4, -0.2) is 76.4 Å². The zero-order valence-corrected chi connectivity index (χ0v) is 12.7. The number of H-pyrrole nitrogens is 1. The highest BCUT2D eigenvalue weighted by Gasteiger charge is 2.68. The number of hydrogen-bond donors (Lipinski definition) is 7. The van der Waals surface area contributed by atoms with Crippen LogP contribution in [-0.2, 0) is 9.53 Å². The molecule has 136 valence electrons. The number of fused-ring (bicyclic) bond motifs is 1. The summed E-state index contributed by atoms with van der Waals surface area (Å²) in [5.74, 6) is -1.55. The molecule has 1 fully saturated rings. The smallest absolute Gasteiger partial charge is 0.280 e. The standard InChI is InChI=1S/C12H16N6O7/c13-9(23)12(2-20)11(24,1-19)5(21)8(25-12)18-3-15-4-6(18)16-10(14)17-7(4)22/h3,5,8,19-21,24H,1-2H2,(H2,13,23)(H3,14,16,17,22)/t5-,8+,11-,12-/m0/s1. The van der Waals surface area contributed by atoms with Gasteiger partial charge in [-0.2, -0.15) is 4.98 Å². The van der Waals surface area contributed by atoms with E-state index in [0.717, 1.165) is 10.9 Å². The van der Waals surface area contributed by atoms with Gasteiger partial charge in [-0.1, -0.05) is 0 Å². The Hall–Kier alpha value is -2.58. The van der Waals surface area contributed by atoms with Gasteiger partial charge >= 0.3 is 0 Å². The number of rotatable bonds is 4. The number of aliphatic hydroxyl groups excluding tert-OH is 3. The highest BCUT2D eigenvalue weighted by atomic mass is 16.6. The molecule has 0 saturated carbocycles. The average Bonchev–Trinajstić information content (AvgIpc) is 3.07. The number of amides is 1. The third-order valence-corrected chi connectivity index (χ3v) is 4.37. The molecule has 13 heteroatoms. The molecule has 0 aromatic carbocycles. The van der Waals surface area contributed by atoms with Crippen molar-refractivity contribution in [3.8, 4) is 0 Å². The van der Waals surface area contributed by atoms with E-state index in [0.29, 0.717) is 0 Å². The molecule has 25 heavy (non-hydrogen) atoms. The van der Waals surface area contributed by atoms with Crippen molar-refractivity contribution in [2.24, 2.45) is 5.73 Å². The molecule has 0 unspecified atom stereocenters. The zero-order valence-electron chi connectivity index (χ0n) is 12.7. The minimum atomic E-state index is -2.61. The Labute approximate surface area is 138 Å². The fourth-order valence-electron chi connectivity index (χ4n) is 2.93.